The second-order valence-corrected chi connectivity index (χ2v) is 7.55. The van der Waals surface area contributed by atoms with E-state index in [9.17, 15) is 0 Å². The molecular formula is C12H15ClN2S2. The van der Waals surface area contributed by atoms with Gasteiger partial charge in [0.1, 0.15) is 0 Å². The van der Waals surface area contributed by atoms with E-state index in [1.54, 1.807) is 11.3 Å². The number of aliphatic imine (C=N–C) groups is 1. The normalized spacial score (nSPS) is 23.8. The summed E-state index contributed by atoms with van der Waals surface area (Å²) < 4.78 is 0.876. The molecule has 2 aliphatic rings. The second-order valence-electron chi connectivity index (χ2n) is 4.52. The molecule has 1 unspecified atom stereocenters. The van der Waals surface area contributed by atoms with E-state index in [4.69, 9.17) is 11.6 Å². The summed E-state index contributed by atoms with van der Waals surface area (Å²) in [6.45, 7) is 1.97. The first-order valence-electron chi connectivity index (χ1n) is 6.00. The molecule has 17 heavy (non-hydrogen) atoms. The Morgan fingerprint density at radius 1 is 1.41 bits per heavy atom. The first-order valence-corrected chi connectivity index (χ1v) is 8.08. The Bertz CT molecular complexity index is 426. The van der Waals surface area contributed by atoms with Gasteiger partial charge >= 0.3 is 0 Å². The highest BCUT2D eigenvalue weighted by atomic mass is 35.5. The number of amidine groups is 1. The molecule has 1 aromatic rings. The average Bonchev–Trinajstić information content (AvgIpc) is 2.93. The first-order chi connectivity index (χ1) is 8.31. The Morgan fingerprint density at radius 3 is 3.00 bits per heavy atom. The summed E-state index contributed by atoms with van der Waals surface area (Å²) in [5, 5.41) is 5.33. The van der Waals surface area contributed by atoms with Gasteiger partial charge in [-0.25, -0.2) is 0 Å². The van der Waals surface area contributed by atoms with Gasteiger partial charge in [-0.1, -0.05) is 23.4 Å². The zero-order valence-corrected chi connectivity index (χ0v) is 11.9. The van der Waals surface area contributed by atoms with Crippen LogP contribution < -0.4 is 5.32 Å². The molecule has 1 atom stereocenters. The van der Waals surface area contributed by atoms with E-state index in [2.05, 4.69) is 16.4 Å². The van der Waals surface area contributed by atoms with Crippen molar-refractivity contribution in [3.63, 3.8) is 0 Å². The highest BCUT2D eigenvalue weighted by Gasteiger charge is 2.35. The number of hydrogen-bond donors (Lipinski definition) is 1. The smallest absolute Gasteiger partial charge is 0.156 e. The Kier molecular flexibility index (Phi) is 3.64. The van der Waals surface area contributed by atoms with Crippen molar-refractivity contribution in [1.82, 2.24) is 5.32 Å². The van der Waals surface area contributed by atoms with Crippen molar-refractivity contribution < 1.29 is 0 Å². The van der Waals surface area contributed by atoms with Crippen molar-refractivity contribution in [1.29, 1.82) is 0 Å². The zero-order valence-electron chi connectivity index (χ0n) is 9.49. The lowest BCUT2D eigenvalue weighted by molar-refractivity contribution is 0.771. The quantitative estimate of drug-likeness (QED) is 0.917. The number of nitrogens with one attached hydrogen (secondary N) is 1. The van der Waals surface area contributed by atoms with Crippen LogP contribution in [0.2, 0.25) is 4.34 Å². The molecule has 5 heteroatoms. The van der Waals surface area contributed by atoms with Crippen LogP contribution in [0.1, 0.15) is 17.7 Å². The summed E-state index contributed by atoms with van der Waals surface area (Å²) in [6, 6.07) is 4.07. The van der Waals surface area contributed by atoms with Crippen LogP contribution in [0.4, 0.5) is 0 Å². The fraction of sp³-hybridized carbons (Fsp3) is 0.583. The molecule has 92 valence electrons. The van der Waals surface area contributed by atoms with Crippen LogP contribution in [0, 0.1) is 5.92 Å². The Balaban J connectivity index is 1.40. The van der Waals surface area contributed by atoms with Crippen molar-refractivity contribution in [3.05, 3.63) is 21.3 Å². The maximum Gasteiger partial charge on any atom is 0.156 e. The predicted molar refractivity (Wildman–Crippen MR) is 77.4 cm³/mol. The molecule has 1 N–H and O–H groups in total. The molecule has 0 spiro atoms. The van der Waals surface area contributed by atoms with Crippen LogP contribution in [-0.4, -0.2) is 23.5 Å². The van der Waals surface area contributed by atoms with Gasteiger partial charge in [0.05, 0.1) is 10.9 Å². The summed E-state index contributed by atoms with van der Waals surface area (Å²) in [5.74, 6) is 0.944. The maximum atomic E-state index is 5.90. The molecular weight excluding hydrogens is 272 g/mol. The third kappa shape index (κ3) is 3.18. The molecule has 0 amide bonds. The standard InChI is InChI=1S/C12H15ClN2S2/c13-11-4-3-9(16-11)5-6-14-12-15-7-10(17-12)8-1-2-8/h3-4,8,10H,1-2,5-7H2,(H,14,15). The van der Waals surface area contributed by atoms with Crippen molar-refractivity contribution in [2.24, 2.45) is 10.9 Å². The first kappa shape index (κ1) is 11.9. The van der Waals surface area contributed by atoms with Gasteiger partial charge < -0.3 is 5.32 Å². The number of halogens is 1. The summed E-state index contributed by atoms with van der Waals surface area (Å²) in [7, 11) is 0. The van der Waals surface area contributed by atoms with E-state index in [1.165, 1.54) is 17.7 Å². The summed E-state index contributed by atoms with van der Waals surface area (Å²) >= 11 is 9.50. The van der Waals surface area contributed by atoms with Crippen LogP contribution in [0.15, 0.2) is 17.1 Å². The Labute approximate surface area is 115 Å². The van der Waals surface area contributed by atoms with Gasteiger partial charge in [0.15, 0.2) is 5.17 Å². The van der Waals surface area contributed by atoms with Crippen molar-refractivity contribution in [3.8, 4) is 0 Å². The summed E-state index contributed by atoms with van der Waals surface area (Å²) in [6.07, 6.45) is 3.85. The molecule has 0 radical (unpaired) electrons. The van der Waals surface area contributed by atoms with E-state index in [0.29, 0.717) is 0 Å². The van der Waals surface area contributed by atoms with Gasteiger partial charge in [-0.2, -0.15) is 0 Å². The average molecular weight is 287 g/mol. The van der Waals surface area contributed by atoms with Gasteiger partial charge in [-0.05, 0) is 37.3 Å². The monoisotopic (exact) mass is 286 g/mol. The molecule has 1 aromatic heterocycles. The number of hydrogen-bond acceptors (Lipinski definition) is 4. The van der Waals surface area contributed by atoms with E-state index in [-0.39, 0.29) is 0 Å². The molecule has 1 aliphatic heterocycles. The predicted octanol–water partition coefficient (Wildman–Crippen LogP) is 3.42. The minimum atomic E-state index is 0.758. The van der Waals surface area contributed by atoms with E-state index in [0.717, 1.165) is 40.2 Å². The summed E-state index contributed by atoms with van der Waals surface area (Å²) in [5.41, 5.74) is 0. The second kappa shape index (κ2) is 5.21. The lowest BCUT2D eigenvalue weighted by Gasteiger charge is -2.06. The molecule has 0 saturated heterocycles. The van der Waals surface area contributed by atoms with E-state index >= 15 is 0 Å². The van der Waals surface area contributed by atoms with Crippen LogP contribution in [0.25, 0.3) is 0 Å². The molecule has 0 aromatic carbocycles. The fourth-order valence-electron chi connectivity index (χ4n) is 1.98. The number of nitrogens with zero attached hydrogens (tertiary/aromatic N) is 1. The minimum Gasteiger partial charge on any atom is -0.365 e. The van der Waals surface area contributed by atoms with Gasteiger partial charge in [-0.3, -0.25) is 4.99 Å². The molecule has 2 nitrogen and oxygen atoms in total. The molecule has 2 heterocycles. The molecule has 3 rings (SSSR count). The van der Waals surface area contributed by atoms with E-state index < -0.39 is 0 Å². The molecule has 1 saturated carbocycles. The van der Waals surface area contributed by atoms with Gasteiger partial charge in [0.2, 0.25) is 0 Å². The topological polar surface area (TPSA) is 24.4 Å². The van der Waals surface area contributed by atoms with Crippen molar-refractivity contribution in [2.75, 3.05) is 13.1 Å². The van der Waals surface area contributed by atoms with Crippen molar-refractivity contribution >= 4 is 39.9 Å². The molecule has 1 aliphatic carbocycles. The lowest BCUT2D eigenvalue weighted by atomic mass is 10.3. The number of rotatable bonds is 4. The van der Waals surface area contributed by atoms with E-state index in [1.807, 2.05) is 17.8 Å². The largest absolute Gasteiger partial charge is 0.365 e. The lowest BCUT2D eigenvalue weighted by Crippen LogP contribution is -2.22. The zero-order chi connectivity index (χ0) is 11.7. The van der Waals surface area contributed by atoms with Crippen LogP contribution >= 0.6 is 34.7 Å². The fourth-order valence-corrected chi connectivity index (χ4v) is 4.30. The minimum absolute atomic E-state index is 0.758. The molecule has 0 bridgehead atoms. The highest BCUT2D eigenvalue weighted by molar-refractivity contribution is 8.14. The SMILES string of the molecule is Clc1ccc(CCNC2=NCC(C3CC3)S2)s1. The number of thiophene rings is 1. The van der Waals surface area contributed by atoms with Gasteiger partial charge in [0.25, 0.3) is 0 Å². The third-order valence-corrected chi connectivity index (χ3v) is 5.73. The third-order valence-electron chi connectivity index (χ3n) is 3.10. The Hall–Kier alpha value is -0.190. The van der Waals surface area contributed by atoms with Crippen molar-refractivity contribution in [2.45, 2.75) is 24.5 Å². The Morgan fingerprint density at radius 2 is 2.29 bits per heavy atom. The maximum absolute atomic E-state index is 5.90. The van der Waals surface area contributed by atoms with Crippen LogP contribution in [0.5, 0.6) is 0 Å². The summed E-state index contributed by atoms with van der Waals surface area (Å²) in [4.78, 5) is 5.90. The number of thioether (sulfide) groups is 1. The van der Waals surface area contributed by atoms with Gasteiger partial charge in [0, 0.05) is 16.7 Å². The highest BCUT2D eigenvalue weighted by Crippen LogP contribution is 2.41. The van der Waals surface area contributed by atoms with Crippen LogP contribution in [0.3, 0.4) is 0 Å². The molecule has 1 fully saturated rings. The van der Waals surface area contributed by atoms with Crippen LogP contribution in [-0.2, 0) is 6.42 Å². The van der Waals surface area contributed by atoms with Gasteiger partial charge in [-0.15, -0.1) is 11.3 Å².